The molecule has 0 aromatic carbocycles. The molecule has 1 aliphatic rings. The second-order valence-corrected chi connectivity index (χ2v) is 5.41. The molecule has 1 aromatic heterocycles. The average molecular weight is 271 g/mol. The summed E-state index contributed by atoms with van der Waals surface area (Å²) in [5, 5.41) is 3.19. The maximum atomic E-state index is 12.2. The van der Waals surface area contributed by atoms with Crippen molar-refractivity contribution in [3.63, 3.8) is 0 Å². The van der Waals surface area contributed by atoms with Crippen LogP contribution in [-0.4, -0.2) is 18.0 Å². The third-order valence-electron chi connectivity index (χ3n) is 4.04. The van der Waals surface area contributed by atoms with Gasteiger partial charge in [0.1, 0.15) is 0 Å². The molecule has 1 heterocycles. The van der Waals surface area contributed by atoms with E-state index in [9.17, 15) is 4.79 Å². The number of hydrogen-bond donors (Lipinski definition) is 2. The Balaban J connectivity index is 2.15. The Morgan fingerprint density at radius 3 is 3.00 bits per heavy atom. The maximum absolute atomic E-state index is 12.2. The van der Waals surface area contributed by atoms with Gasteiger partial charge in [-0.15, -0.1) is 0 Å². The molecule has 3 N–H and O–H groups in total. The van der Waals surface area contributed by atoms with Crippen molar-refractivity contribution in [1.29, 1.82) is 0 Å². The van der Waals surface area contributed by atoms with Crippen molar-refractivity contribution in [2.75, 3.05) is 6.54 Å². The largest absolute Gasteiger partial charge is 0.452 e. The first kappa shape index (κ1) is 13.4. The summed E-state index contributed by atoms with van der Waals surface area (Å²) >= 11 is 5.82. The zero-order chi connectivity index (χ0) is 13.2. The van der Waals surface area contributed by atoms with Gasteiger partial charge in [0.25, 0.3) is 5.91 Å². The minimum Gasteiger partial charge on any atom is -0.452 e. The van der Waals surface area contributed by atoms with Crippen molar-refractivity contribution in [2.24, 2.45) is 11.7 Å². The lowest BCUT2D eigenvalue weighted by molar-refractivity contribution is 0.0812. The lowest BCUT2D eigenvalue weighted by Crippen LogP contribution is -2.59. The van der Waals surface area contributed by atoms with Gasteiger partial charge in [-0.05, 0) is 36.4 Å². The smallest absolute Gasteiger partial charge is 0.256 e. The van der Waals surface area contributed by atoms with Crippen molar-refractivity contribution in [3.05, 3.63) is 23.1 Å². The van der Waals surface area contributed by atoms with Gasteiger partial charge in [0.05, 0.1) is 17.4 Å². The van der Waals surface area contributed by atoms with E-state index in [1.165, 1.54) is 12.7 Å². The Labute approximate surface area is 112 Å². The number of amides is 1. The number of rotatable bonds is 3. The molecule has 0 saturated heterocycles. The molecule has 0 radical (unpaired) electrons. The molecule has 1 amide bonds. The van der Waals surface area contributed by atoms with Crippen molar-refractivity contribution in [1.82, 2.24) is 5.32 Å². The standard InChI is InChI=1S/C13H19ClN2O2/c1-9-4-2-3-6-13(9,8-15)16-12(17)10-5-7-18-11(10)14/h5,7,9H,2-4,6,8,15H2,1H3,(H,16,17). The van der Waals surface area contributed by atoms with Crippen LogP contribution in [0.3, 0.4) is 0 Å². The highest BCUT2D eigenvalue weighted by atomic mass is 35.5. The number of carbonyl (C=O) groups is 1. The van der Waals surface area contributed by atoms with Crippen LogP contribution in [0.25, 0.3) is 0 Å². The number of hydrogen-bond acceptors (Lipinski definition) is 3. The number of nitrogens with two attached hydrogens (primary N) is 1. The molecule has 0 spiro atoms. The summed E-state index contributed by atoms with van der Waals surface area (Å²) in [5.41, 5.74) is 5.96. The first-order chi connectivity index (χ1) is 8.59. The lowest BCUT2D eigenvalue weighted by atomic mass is 9.73. The molecule has 2 atom stereocenters. The van der Waals surface area contributed by atoms with Crippen molar-refractivity contribution >= 4 is 17.5 Å². The molecule has 4 nitrogen and oxygen atoms in total. The van der Waals surface area contributed by atoms with Crippen molar-refractivity contribution in [3.8, 4) is 0 Å². The number of nitrogens with one attached hydrogen (secondary N) is 1. The molecular weight excluding hydrogens is 252 g/mol. The van der Waals surface area contributed by atoms with E-state index in [1.807, 2.05) is 0 Å². The molecular formula is C13H19ClN2O2. The van der Waals surface area contributed by atoms with Crippen LogP contribution in [0.5, 0.6) is 0 Å². The Morgan fingerprint density at radius 2 is 2.44 bits per heavy atom. The van der Waals surface area contributed by atoms with Gasteiger partial charge in [-0.3, -0.25) is 4.79 Å². The van der Waals surface area contributed by atoms with Crippen LogP contribution in [0.2, 0.25) is 5.22 Å². The minimum absolute atomic E-state index is 0.128. The zero-order valence-electron chi connectivity index (χ0n) is 10.5. The number of furan rings is 1. The molecule has 100 valence electrons. The average Bonchev–Trinajstić information content (AvgIpc) is 2.78. The zero-order valence-corrected chi connectivity index (χ0v) is 11.3. The summed E-state index contributed by atoms with van der Waals surface area (Å²) in [7, 11) is 0. The van der Waals surface area contributed by atoms with E-state index >= 15 is 0 Å². The quantitative estimate of drug-likeness (QED) is 0.887. The molecule has 0 aliphatic heterocycles. The van der Waals surface area contributed by atoms with Gasteiger partial charge in [-0.25, -0.2) is 0 Å². The Kier molecular flexibility index (Phi) is 3.97. The summed E-state index contributed by atoms with van der Waals surface area (Å²) in [6.07, 6.45) is 5.73. The third-order valence-corrected chi connectivity index (χ3v) is 4.34. The highest BCUT2D eigenvalue weighted by Crippen LogP contribution is 2.33. The fourth-order valence-electron chi connectivity index (χ4n) is 2.70. The van der Waals surface area contributed by atoms with Crippen LogP contribution >= 0.6 is 11.6 Å². The minimum atomic E-state index is -0.310. The highest BCUT2D eigenvalue weighted by molar-refractivity contribution is 6.32. The first-order valence-electron chi connectivity index (χ1n) is 6.34. The molecule has 18 heavy (non-hydrogen) atoms. The summed E-state index contributed by atoms with van der Waals surface area (Å²) in [6, 6.07) is 1.58. The molecule has 1 fully saturated rings. The topological polar surface area (TPSA) is 68.3 Å². The predicted octanol–water partition coefficient (Wildman–Crippen LogP) is 2.57. The van der Waals surface area contributed by atoms with E-state index in [2.05, 4.69) is 12.2 Å². The van der Waals surface area contributed by atoms with Crippen molar-refractivity contribution < 1.29 is 9.21 Å². The van der Waals surface area contributed by atoms with E-state index < -0.39 is 0 Å². The normalized spacial score (nSPS) is 28.1. The predicted molar refractivity (Wildman–Crippen MR) is 70.6 cm³/mol. The molecule has 1 aromatic rings. The summed E-state index contributed by atoms with van der Waals surface area (Å²) < 4.78 is 4.94. The fourth-order valence-corrected chi connectivity index (χ4v) is 2.90. The molecule has 5 heteroatoms. The molecule has 2 unspecified atom stereocenters. The summed E-state index contributed by atoms with van der Waals surface area (Å²) in [4.78, 5) is 12.2. The SMILES string of the molecule is CC1CCCCC1(CN)NC(=O)c1ccoc1Cl. The summed E-state index contributed by atoms with van der Waals surface area (Å²) in [5.74, 6) is 0.179. The van der Waals surface area contributed by atoms with Gasteiger partial charge in [-0.2, -0.15) is 0 Å². The Bertz CT molecular complexity index is 432. The maximum Gasteiger partial charge on any atom is 0.256 e. The second kappa shape index (κ2) is 5.33. The van der Waals surface area contributed by atoms with Gasteiger partial charge in [0.15, 0.2) is 0 Å². The van der Waals surface area contributed by atoms with Crippen molar-refractivity contribution in [2.45, 2.75) is 38.1 Å². The summed E-state index contributed by atoms with van der Waals surface area (Å²) in [6.45, 7) is 2.60. The van der Waals surface area contributed by atoms with Crippen LogP contribution in [0.1, 0.15) is 43.0 Å². The number of halogens is 1. The van der Waals surface area contributed by atoms with Gasteiger partial charge in [0.2, 0.25) is 5.22 Å². The van der Waals surface area contributed by atoms with Gasteiger partial charge in [0, 0.05) is 6.54 Å². The second-order valence-electron chi connectivity index (χ2n) is 5.07. The molecule has 0 bridgehead atoms. The van der Waals surface area contributed by atoms with Crippen LogP contribution in [0, 0.1) is 5.92 Å². The molecule has 1 aliphatic carbocycles. The highest BCUT2D eigenvalue weighted by Gasteiger charge is 2.38. The Hall–Kier alpha value is -1.00. The van der Waals surface area contributed by atoms with Gasteiger partial charge in [-0.1, -0.05) is 19.8 Å². The van der Waals surface area contributed by atoms with E-state index in [0.717, 1.165) is 19.3 Å². The van der Waals surface area contributed by atoms with Crippen LogP contribution in [-0.2, 0) is 0 Å². The van der Waals surface area contributed by atoms with Crippen LogP contribution in [0.4, 0.5) is 0 Å². The van der Waals surface area contributed by atoms with E-state index in [1.54, 1.807) is 6.07 Å². The monoisotopic (exact) mass is 270 g/mol. The Morgan fingerprint density at radius 1 is 1.67 bits per heavy atom. The first-order valence-corrected chi connectivity index (χ1v) is 6.72. The number of carbonyl (C=O) groups excluding carboxylic acids is 1. The molecule has 2 rings (SSSR count). The van der Waals surface area contributed by atoms with Crippen LogP contribution < -0.4 is 11.1 Å². The fraction of sp³-hybridized carbons (Fsp3) is 0.615. The van der Waals surface area contributed by atoms with Crippen LogP contribution in [0.15, 0.2) is 16.7 Å². The van der Waals surface area contributed by atoms with E-state index in [0.29, 0.717) is 18.0 Å². The van der Waals surface area contributed by atoms with E-state index in [-0.39, 0.29) is 16.7 Å². The molecule has 1 saturated carbocycles. The van der Waals surface area contributed by atoms with Gasteiger partial charge < -0.3 is 15.5 Å². The van der Waals surface area contributed by atoms with Gasteiger partial charge >= 0.3 is 0 Å². The van der Waals surface area contributed by atoms with E-state index in [4.69, 9.17) is 21.8 Å². The lowest BCUT2D eigenvalue weighted by Gasteiger charge is -2.42. The third kappa shape index (κ3) is 2.40.